The van der Waals surface area contributed by atoms with Gasteiger partial charge in [0.05, 0.1) is 17.1 Å². The maximum absolute atomic E-state index is 12.4. The second kappa shape index (κ2) is 8.38. The molecule has 0 spiro atoms. The number of hydrogen-bond donors (Lipinski definition) is 1. The van der Waals surface area contributed by atoms with Gasteiger partial charge in [0.1, 0.15) is 12.4 Å². The Balaban J connectivity index is 1.52. The van der Waals surface area contributed by atoms with Gasteiger partial charge in [0.15, 0.2) is 0 Å². The van der Waals surface area contributed by atoms with E-state index in [0.717, 1.165) is 11.3 Å². The summed E-state index contributed by atoms with van der Waals surface area (Å²) in [6, 6.07) is 11.0. The number of carbonyl (C=O) groups is 1. The Hall–Kier alpha value is -2.31. The van der Waals surface area contributed by atoms with Crippen LogP contribution in [0.1, 0.15) is 27.9 Å². The fraction of sp³-hybridized carbons (Fsp3) is 0.263. The lowest BCUT2D eigenvalue weighted by Crippen LogP contribution is -2.35. The molecule has 1 atom stereocenters. The minimum atomic E-state index is -0.0830. The molecule has 0 fully saturated rings. The molecule has 1 amide bonds. The highest BCUT2D eigenvalue weighted by Crippen LogP contribution is 2.20. The van der Waals surface area contributed by atoms with Crippen LogP contribution in [-0.2, 0) is 13.2 Å². The van der Waals surface area contributed by atoms with Crippen LogP contribution in [0.5, 0.6) is 5.75 Å². The molecule has 0 aliphatic rings. The molecule has 2 aromatic heterocycles. The summed E-state index contributed by atoms with van der Waals surface area (Å²) < 4.78 is 7.54. The van der Waals surface area contributed by atoms with Crippen molar-refractivity contribution in [2.45, 2.75) is 33.0 Å². The summed E-state index contributed by atoms with van der Waals surface area (Å²) in [5, 5.41) is 9.90. The van der Waals surface area contributed by atoms with Crippen molar-refractivity contribution in [1.82, 2.24) is 15.1 Å². The van der Waals surface area contributed by atoms with E-state index in [-0.39, 0.29) is 11.9 Å². The number of hydrogen-bond acceptors (Lipinski definition) is 4. The Bertz CT molecular complexity index is 890. The van der Waals surface area contributed by atoms with E-state index in [1.807, 2.05) is 54.4 Å². The van der Waals surface area contributed by atoms with Crippen LogP contribution in [0.3, 0.4) is 0 Å². The molecular formula is C19H20ClN3O2S. The third kappa shape index (κ3) is 5.09. The van der Waals surface area contributed by atoms with Gasteiger partial charge in [-0.05, 0) is 49.6 Å². The van der Waals surface area contributed by atoms with E-state index in [0.29, 0.717) is 28.8 Å². The molecule has 26 heavy (non-hydrogen) atoms. The van der Waals surface area contributed by atoms with Crippen LogP contribution in [0.25, 0.3) is 0 Å². The van der Waals surface area contributed by atoms with E-state index < -0.39 is 0 Å². The van der Waals surface area contributed by atoms with Crippen molar-refractivity contribution < 1.29 is 9.53 Å². The van der Waals surface area contributed by atoms with Crippen molar-refractivity contribution in [3.05, 3.63) is 69.1 Å². The molecule has 0 aliphatic heterocycles. The standard InChI is InChI=1S/C19H20ClN3O2S/c1-13-6-7-23(22-13)10-14(2)21-19(24)18-8-15(12-26-18)11-25-17-5-3-4-16(20)9-17/h3-9,12,14H,10-11H2,1-2H3,(H,21,24). The van der Waals surface area contributed by atoms with Crippen LogP contribution < -0.4 is 10.1 Å². The molecule has 0 saturated heterocycles. The van der Waals surface area contributed by atoms with Crippen molar-refractivity contribution in [3.63, 3.8) is 0 Å². The average molecular weight is 390 g/mol. The van der Waals surface area contributed by atoms with Crippen LogP contribution in [-0.4, -0.2) is 21.7 Å². The summed E-state index contributed by atoms with van der Waals surface area (Å²) in [4.78, 5) is 13.1. The van der Waals surface area contributed by atoms with Gasteiger partial charge in [-0.3, -0.25) is 9.48 Å². The van der Waals surface area contributed by atoms with Gasteiger partial charge in [-0.15, -0.1) is 11.3 Å². The summed E-state index contributed by atoms with van der Waals surface area (Å²) >= 11 is 7.35. The Morgan fingerprint density at radius 1 is 1.38 bits per heavy atom. The monoisotopic (exact) mass is 389 g/mol. The third-order valence-corrected chi connectivity index (χ3v) is 4.90. The number of amides is 1. The predicted molar refractivity (Wildman–Crippen MR) is 104 cm³/mol. The number of thiophene rings is 1. The van der Waals surface area contributed by atoms with Gasteiger partial charge in [-0.2, -0.15) is 5.10 Å². The molecular weight excluding hydrogens is 370 g/mol. The minimum absolute atomic E-state index is 0.0185. The number of rotatable bonds is 7. The number of nitrogens with zero attached hydrogens (tertiary/aromatic N) is 2. The van der Waals surface area contributed by atoms with Gasteiger partial charge in [0.2, 0.25) is 0 Å². The van der Waals surface area contributed by atoms with Crippen molar-refractivity contribution in [1.29, 1.82) is 0 Å². The van der Waals surface area contributed by atoms with E-state index in [1.165, 1.54) is 11.3 Å². The van der Waals surface area contributed by atoms with E-state index >= 15 is 0 Å². The summed E-state index contributed by atoms with van der Waals surface area (Å²) in [7, 11) is 0. The van der Waals surface area contributed by atoms with E-state index in [1.54, 1.807) is 12.1 Å². The van der Waals surface area contributed by atoms with Gasteiger partial charge in [0, 0.05) is 22.8 Å². The van der Waals surface area contributed by atoms with E-state index in [4.69, 9.17) is 16.3 Å². The first-order valence-corrected chi connectivity index (χ1v) is 9.52. The molecule has 1 N–H and O–H groups in total. The van der Waals surface area contributed by atoms with Crippen LogP contribution in [0.2, 0.25) is 5.02 Å². The molecule has 3 aromatic rings. The highest BCUT2D eigenvalue weighted by Gasteiger charge is 2.13. The first kappa shape index (κ1) is 18.5. The van der Waals surface area contributed by atoms with Crippen molar-refractivity contribution >= 4 is 28.8 Å². The van der Waals surface area contributed by atoms with Gasteiger partial charge in [-0.25, -0.2) is 0 Å². The summed E-state index contributed by atoms with van der Waals surface area (Å²) in [6.45, 7) is 4.94. The SMILES string of the molecule is Cc1ccn(CC(C)NC(=O)c2cc(COc3cccc(Cl)c3)cs2)n1. The molecule has 136 valence electrons. The molecule has 0 radical (unpaired) electrons. The Morgan fingerprint density at radius 3 is 2.96 bits per heavy atom. The summed E-state index contributed by atoms with van der Waals surface area (Å²) in [5.41, 5.74) is 1.92. The number of aryl methyl sites for hydroxylation is 1. The molecule has 5 nitrogen and oxygen atoms in total. The zero-order valence-corrected chi connectivity index (χ0v) is 16.2. The van der Waals surface area contributed by atoms with Crippen LogP contribution in [0, 0.1) is 6.92 Å². The molecule has 2 heterocycles. The normalized spacial score (nSPS) is 12.0. The summed E-state index contributed by atoms with van der Waals surface area (Å²) in [6.07, 6.45) is 1.91. The number of halogens is 1. The van der Waals surface area contributed by atoms with Gasteiger partial charge in [-0.1, -0.05) is 17.7 Å². The number of ether oxygens (including phenoxy) is 1. The Labute approximate surface area is 161 Å². The quantitative estimate of drug-likeness (QED) is 0.655. The first-order valence-electron chi connectivity index (χ1n) is 8.26. The molecule has 1 aromatic carbocycles. The maximum Gasteiger partial charge on any atom is 0.261 e. The van der Waals surface area contributed by atoms with Crippen LogP contribution >= 0.6 is 22.9 Å². The fourth-order valence-corrected chi connectivity index (χ4v) is 3.46. The zero-order valence-electron chi connectivity index (χ0n) is 14.6. The molecule has 7 heteroatoms. The molecule has 1 unspecified atom stereocenters. The molecule has 0 bridgehead atoms. The van der Waals surface area contributed by atoms with Crippen molar-refractivity contribution in [2.75, 3.05) is 0 Å². The smallest absolute Gasteiger partial charge is 0.261 e. The van der Waals surface area contributed by atoms with Crippen molar-refractivity contribution in [2.24, 2.45) is 0 Å². The van der Waals surface area contributed by atoms with Gasteiger partial charge < -0.3 is 10.1 Å². The van der Waals surface area contributed by atoms with Crippen LogP contribution in [0.4, 0.5) is 0 Å². The largest absolute Gasteiger partial charge is 0.489 e. The van der Waals surface area contributed by atoms with E-state index in [9.17, 15) is 4.79 Å². The number of benzene rings is 1. The maximum atomic E-state index is 12.4. The predicted octanol–water partition coefficient (Wildman–Crippen LogP) is 4.30. The van der Waals surface area contributed by atoms with Crippen LogP contribution in [0.15, 0.2) is 48.0 Å². The third-order valence-electron chi connectivity index (χ3n) is 3.69. The Kier molecular flexibility index (Phi) is 5.96. The lowest BCUT2D eigenvalue weighted by atomic mass is 10.3. The first-order chi connectivity index (χ1) is 12.5. The molecule has 3 rings (SSSR count). The lowest BCUT2D eigenvalue weighted by Gasteiger charge is -2.13. The Morgan fingerprint density at radius 2 is 2.23 bits per heavy atom. The molecule has 0 aliphatic carbocycles. The zero-order chi connectivity index (χ0) is 18.5. The minimum Gasteiger partial charge on any atom is -0.489 e. The highest BCUT2D eigenvalue weighted by atomic mass is 35.5. The fourth-order valence-electron chi connectivity index (χ4n) is 2.48. The second-order valence-corrected chi connectivity index (χ2v) is 7.47. The van der Waals surface area contributed by atoms with Gasteiger partial charge in [0.25, 0.3) is 5.91 Å². The lowest BCUT2D eigenvalue weighted by molar-refractivity contribution is 0.0940. The molecule has 0 saturated carbocycles. The second-order valence-electron chi connectivity index (χ2n) is 6.12. The van der Waals surface area contributed by atoms with E-state index in [2.05, 4.69) is 10.4 Å². The van der Waals surface area contributed by atoms with Crippen molar-refractivity contribution in [3.8, 4) is 5.75 Å². The number of nitrogens with one attached hydrogen (secondary N) is 1. The highest BCUT2D eigenvalue weighted by molar-refractivity contribution is 7.12. The number of aromatic nitrogens is 2. The number of carbonyl (C=O) groups excluding carboxylic acids is 1. The summed E-state index contributed by atoms with van der Waals surface area (Å²) in [5.74, 6) is 0.623. The average Bonchev–Trinajstić information content (AvgIpc) is 3.22. The topological polar surface area (TPSA) is 56.2 Å². The van der Waals surface area contributed by atoms with Gasteiger partial charge >= 0.3 is 0 Å².